The highest BCUT2D eigenvalue weighted by Crippen LogP contribution is 2.15. The van der Waals surface area contributed by atoms with Crippen LogP contribution in [0.4, 0.5) is 0 Å². The monoisotopic (exact) mass is 268 g/mol. The van der Waals surface area contributed by atoms with Gasteiger partial charge in [-0.05, 0) is 63.3 Å². The Bertz CT molecular complexity index is 318. The number of hydrogen-bond donors (Lipinski definition) is 1. The first-order valence-electron chi connectivity index (χ1n) is 7.16. The van der Waals surface area contributed by atoms with Crippen LogP contribution in [0.3, 0.4) is 0 Å². The van der Waals surface area contributed by atoms with Crippen LogP contribution < -0.4 is 5.32 Å². The second kappa shape index (κ2) is 8.68. The average molecular weight is 268 g/mol. The number of hydrogen-bond acceptors (Lipinski definition) is 3. The molecule has 0 fully saturated rings. The molecule has 0 aliphatic rings. The lowest BCUT2D eigenvalue weighted by molar-refractivity contribution is 0.290. The van der Waals surface area contributed by atoms with Crippen molar-refractivity contribution in [3.8, 4) is 0 Å². The maximum atomic E-state index is 3.63. The van der Waals surface area contributed by atoms with Gasteiger partial charge in [-0.1, -0.05) is 13.8 Å². The van der Waals surface area contributed by atoms with E-state index in [1.54, 1.807) is 0 Å². The Labute approximate surface area is 116 Å². The summed E-state index contributed by atoms with van der Waals surface area (Å²) in [6.45, 7) is 13.6. The van der Waals surface area contributed by atoms with E-state index >= 15 is 0 Å². The Kier molecular flexibility index (Phi) is 7.56. The van der Waals surface area contributed by atoms with Crippen molar-refractivity contribution in [2.45, 2.75) is 53.1 Å². The largest absolute Gasteiger partial charge is 0.309 e. The van der Waals surface area contributed by atoms with Gasteiger partial charge in [-0.2, -0.15) is 0 Å². The Hall–Kier alpha value is -0.380. The molecule has 0 aliphatic heterocycles. The molecule has 0 amide bonds. The molecule has 0 bridgehead atoms. The van der Waals surface area contributed by atoms with Crippen molar-refractivity contribution in [1.29, 1.82) is 0 Å². The maximum absolute atomic E-state index is 3.63. The van der Waals surface area contributed by atoms with E-state index in [0.29, 0.717) is 6.04 Å². The van der Waals surface area contributed by atoms with Gasteiger partial charge in [0.1, 0.15) is 0 Å². The van der Waals surface area contributed by atoms with E-state index in [9.17, 15) is 0 Å². The molecule has 0 aromatic carbocycles. The fraction of sp³-hybridized carbons (Fsp3) is 0.733. The molecular weight excluding hydrogens is 240 g/mol. The summed E-state index contributed by atoms with van der Waals surface area (Å²) in [5, 5.41) is 5.81. The predicted octanol–water partition coefficient (Wildman–Crippen LogP) is 3.66. The first-order chi connectivity index (χ1) is 8.67. The van der Waals surface area contributed by atoms with Gasteiger partial charge in [-0.3, -0.25) is 0 Å². The van der Waals surface area contributed by atoms with Crippen molar-refractivity contribution in [3.63, 3.8) is 0 Å². The molecule has 18 heavy (non-hydrogen) atoms. The number of nitrogens with one attached hydrogen (secondary N) is 1. The summed E-state index contributed by atoms with van der Waals surface area (Å²) in [7, 11) is 0. The number of thiophene rings is 1. The van der Waals surface area contributed by atoms with Gasteiger partial charge in [0.15, 0.2) is 0 Å². The maximum Gasteiger partial charge on any atom is 0.0304 e. The zero-order valence-corrected chi connectivity index (χ0v) is 13.1. The number of rotatable bonds is 9. The van der Waals surface area contributed by atoms with Gasteiger partial charge in [-0.25, -0.2) is 0 Å². The van der Waals surface area contributed by atoms with Gasteiger partial charge in [0, 0.05) is 17.5 Å². The highest BCUT2D eigenvalue weighted by molar-refractivity contribution is 7.10. The third kappa shape index (κ3) is 5.51. The van der Waals surface area contributed by atoms with Crippen LogP contribution in [0.1, 0.15) is 44.1 Å². The molecule has 0 saturated heterocycles. The zero-order chi connectivity index (χ0) is 13.4. The van der Waals surface area contributed by atoms with E-state index in [1.807, 2.05) is 11.3 Å². The van der Waals surface area contributed by atoms with E-state index in [4.69, 9.17) is 0 Å². The summed E-state index contributed by atoms with van der Waals surface area (Å²) in [5.41, 5.74) is 1.42. The van der Waals surface area contributed by atoms with Gasteiger partial charge in [0.05, 0.1) is 0 Å². The van der Waals surface area contributed by atoms with Gasteiger partial charge in [-0.15, -0.1) is 11.3 Å². The molecule has 1 atom stereocenters. The fourth-order valence-corrected chi connectivity index (χ4v) is 2.97. The number of nitrogens with zero attached hydrogens (tertiary/aromatic N) is 1. The van der Waals surface area contributed by atoms with Gasteiger partial charge in [0.25, 0.3) is 0 Å². The minimum atomic E-state index is 0.613. The van der Waals surface area contributed by atoms with Crippen molar-refractivity contribution >= 4 is 11.3 Å². The van der Waals surface area contributed by atoms with Crippen LogP contribution >= 0.6 is 11.3 Å². The molecule has 1 aromatic heterocycles. The summed E-state index contributed by atoms with van der Waals surface area (Å²) >= 11 is 1.86. The summed E-state index contributed by atoms with van der Waals surface area (Å²) in [6, 6.07) is 2.81. The molecule has 2 nitrogen and oxygen atoms in total. The zero-order valence-electron chi connectivity index (χ0n) is 12.3. The number of aryl methyl sites for hydroxylation is 1. The molecule has 1 rings (SSSR count). The Morgan fingerprint density at radius 1 is 1.33 bits per heavy atom. The van der Waals surface area contributed by atoms with Crippen LogP contribution in [0.25, 0.3) is 0 Å². The van der Waals surface area contributed by atoms with Crippen LogP contribution in [0, 0.1) is 6.92 Å². The molecule has 0 unspecified atom stereocenters. The topological polar surface area (TPSA) is 15.3 Å². The van der Waals surface area contributed by atoms with Crippen LogP contribution in [0.15, 0.2) is 11.4 Å². The lowest BCUT2D eigenvalue weighted by atomic mass is 10.1. The molecule has 1 heterocycles. The third-order valence-electron chi connectivity index (χ3n) is 3.59. The lowest BCUT2D eigenvalue weighted by Gasteiger charge is -2.19. The van der Waals surface area contributed by atoms with Crippen molar-refractivity contribution in [3.05, 3.63) is 21.9 Å². The molecule has 1 aromatic rings. The Morgan fingerprint density at radius 2 is 2.06 bits per heavy atom. The van der Waals surface area contributed by atoms with E-state index < -0.39 is 0 Å². The van der Waals surface area contributed by atoms with Crippen molar-refractivity contribution < 1.29 is 0 Å². The van der Waals surface area contributed by atoms with Gasteiger partial charge >= 0.3 is 0 Å². The van der Waals surface area contributed by atoms with Crippen molar-refractivity contribution in [1.82, 2.24) is 10.2 Å². The first kappa shape index (κ1) is 15.7. The van der Waals surface area contributed by atoms with E-state index in [0.717, 1.165) is 6.54 Å². The second-order valence-electron chi connectivity index (χ2n) is 4.98. The third-order valence-corrected chi connectivity index (χ3v) is 4.61. The molecule has 3 heteroatoms. The molecule has 104 valence electrons. The summed E-state index contributed by atoms with van der Waals surface area (Å²) in [6.07, 6.45) is 2.56. The van der Waals surface area contributed by atoms with Crippen LogP contribution in [-0.4, -0.2) is 30.6 Å². The van der Waals surface area contributed by atoms with Crippen molar-refractivity contribution in [2.24, 2.45) is 0 Å². The minimum Gasteiger partial charge on any atom is -0.309 e. The molecule has 0 saturated carbocycles. The smallest absolute Gasteiger partial charge is 0.0304 e. The molecule has 1 N–H and O–H groups in total. The molecular formula is C15H28N2S. The predicted molar refractivity (Wildman–Crippen MR) is 82.4 cm³/mol. The van der Waals surface area contributed by atoms with Crippen LogP contribution in [0.5, 0.6) is 0 Å². The van der Waals surface area contributed by atoms with Gasteiger partial charge in [0.2, 0.25) is 0 Å². The van der Waals surface area contributed by atoms with Gasteiger partial charge < -0.3 is 10.2 Å². The van der Waals surface area contributed by atoms with Crippen LogP contribution in [-0.2, 0) is 6.54 Å². The van der Waals surface area contributed by atoms with E-state index in [2.05, 4.69) is 49.4 Å². The Morgan fingerprint density at radius 3 is 2.61 bits per heavy atom. The van der Waals surface area contributed by atoms with E-state index in [1.165, 1.54) is 42.9 Å². The molecule has 0 spiro atoms. The summed E-state index contributed by atoms with van der Waals surface area (Å²) < 4.78 is 0. The quantitative estimate of drug-likeness (QED) is 0.735. The minimum absolute atomic E-state index is 0.613. The normalized spacial score (nSPS) is 13.2. The standard InChI is InChI=1S/C15H28N2S/c1-5-17(6-2)10-7-8-14(4)16-12-15-13(3)9-11-18-15/h9,11,14,16H,5-8,10,12H2,1-4H3/t14-/m1/s1. The highest BCUT2D eigenvalue weighted by atomic mass is 32.1. The SMILES string of the molecule is CCN(CC)CCC[C@@H](C)NCc1sccc1C. The summed E-state index contributed by atoms with van der Waals surface area (Å²) in [5.74, 6) is 0. The first-order valence-corrected chi connectivity index (χ1v) is 8.04. The highest BCUT2D eigenvalue weighted by Gasteiger charge is 2.05. The molecule has 0 radical (unpaired) electrons. The lowest BCUT2D eigenvalue weighted by Crippen LogP contribution is -2.28. The fourth-order valence-electron chi connectivity index (χ4n) is 2.12. The average Bonchev–Trinajstić information content (AvgIpc) is 2.78. The second-order valence-corrected chi connectivity index (χ2v) is 5.98. The summed E-state index contributed by atoms with van der Waals surface area (Å²) in [4.78, 5) is 3.97. The molecule has 0 aliphatic carbocycles. The van der Waals surface area contributed by atoms with E-state index in [-0.39, 0.29) is 0 Å². The Balaban J connectivity index is 2.14. The van der Waals surface area contributed by atoms with Crippen LogP contribution in [0.2, 0.25) is 0 Å². The van der Waals surface area contributed by atoms with Crippen molar-refractivity contribution in [2.75, 3.05) is 19.6 Å².